The number of carbonyl (C=O) groups excluding carboxylic acids is 2. The Kier molecular flexibility index (Phi) is 15.0. The van der Waals surface area contributed by atoms with E-state index in [2.05, 4.69) is 22.4 Å². The molecule has 5 rings (SSSR count). The summed E-state index contributed by atoms with van der Waals surface area (Å²) in [5.41, 5.74) is 2.71. The molecule has 16 heteroatoms. The number of rotatable bonds is 16. The highest BCUT2D eigenvalue weighted by Gasteiger charge is 2.31. The molecular formula is C42H46ClN7O6S2. The van der Waals surface area contributed by atoms with Crippen molar-refractivity contribution >= 4 is 58.5 Å². The summed E-state index contributed by atoms with van der Waals surface area (Å²) in [6, 6.07) is 17.9. The van der Waals surface area contributed by atoms with Gasteiger partial charge in [0.05, 0.1) is 17.8 Å². The maximum Gasteiger partial charge on any atom is 0.408 e. The highest BCUT2D eigenvalue weighted by atomic mass is 35.5. The van der Waals surface area contributed by atoms with Gasteiger partial charge in [-0.3, -0.25) is 4.79 Å². The smallest absolute Gasteiger partial charge is 0.408 e. The summed E-state index contributed by atoms with van der Waals surface area (Å²) in [6.45, 7) is 9.75. The zero-order valence-corrected chi connectivity index (χ0v) is 35.5. The van der Waals surface area contributed by atoms with E-state index in [0.717, 1.165) is 42.2 Å². The number of nitrogens with zero attached hydrogens (tertiary/aromatic N) is 6. The van der Waals surface area contributed by atoms with Crippen LogP contribution < -0.4 is 15.0 Å². The summed E-state index contributed by atoms with van der Waals surface area (Å²) >= 11 is 8.99. The van der Waals surface area contributed by atoms with Crippen molar-refractivity contribution in [1.82, 2.24) is 20.2 Å². The van der Waals surface area contributed by atoms with Crippen LogP contribution in [0.15, 0.2) is 58.9 Å². The lowest BCUT2D eigenvalue weighted by Gasteiger charge is -2.30. The first kappa shape index (κ1) is 43.8. The van der Waals surface area contributed by atoms with Crippen molar-refractivity contribution in [3.05, 3.63) is 75.8 Å². The van der Waals surface area contributed by atoms with E-state index >= 15 is 0 Å². The van der Waals surface area contributed by atoms with Crippen LogP contribution >= 0.6 is 34.7 Å². The van der Waals surface area contributed by atoms with E-state index in [1.54, 1.807) is 45.0 Å². The molecule has 0 bridgehead atoms. The summed E-state index contributed by atoms with van der Waals surface area (Å²) in [6.07, 6.45) is 1.35. The van der Waals surface area contributed by atoms with E-state index in [9.17, 15) is 30.0 Å². The number of nitrogens with one attached hydrogen (secondary N) is 1. The monoisotopic (exact) mass is 843 g/mol. The molecule has 304 valence electrons. The fourth-order valence-corrected chi connectivity index (χ4v) is 8.29. The Bertz CT molecular complexity index is 2170. The molecule has 0 saturated carbocycles. The number of anilines is 1. The Balaban J connectivity index is 1.36. The summed E-state index contributed by atoms with van der Waals surface area (Å²) in [5.74, 6) is -0.361. The van der Waals surface area contributed by atoms with Crippen molar-refractivity contribution in [1.29, 1.82) is 10.5 Å². The number of hydrogen-bond acceptors (Lipinski definition) is 12. The number of benzene rings is 2. The zero-order valence-electron chi connectivity index (χ0n) is 33.1. The SMILES string of the molecule is CC(C)C[C@@H](C(=O)O)N(CCOc1ccc(-c2c(C#N)c(SCc3csc(-c4ccc(Cl)cc4)n3)nc(N3CCCC3)c2C#N)cc1)C(=O)CNC(=O)OC(C)(C)C. The number of carboxylic acid groups (broad SMARTS) is 1. The molecule has 1 atom stereocenters. The topological polar surface area (TPSA) is 182 Å². The van der Waals surface area contributed by atoms with Crippen LogP contribution in [-0.2, 0) is 20.1 Å². The first-order valence-electron chi connectivity index (χ1n) is 18.9. The van der Waals surface area contributed by atoms with E-state index < -0.39 is 36.2 Å². The molecule has 1 aliphatic rings. The van der Waals surface area contributed by atoms with Gasteiger partial charge in [0.2, 0.25) is 5.91 Å². The van der Waals surface area contributed by atoms with Crippen LogP contribution in [0.5, 0.6) is 5.75 Å². The van der Waals surface area contributed by atoms with Crippen LogP contribution in [0.2, 0.25) is 5.02 Å². The fourth-order valence-electron chi connectivity index (χ4n) is 6.36. The van der Waals surface area contributed by atoms with Gasteiger partial charge in [-0.05, 0) is 75.8 Å². The molecule has 2 N–H and O–H groups in total. The van der Waals surface area contributed by atoms with Crippen LogP contribution in [0.1, 0.15) is 70.7 Å². The summed E-state index contributed by atoms with van der Waals surface area (Å²) in [4.78, 5) is 50.9. The Hall–Kier alpha value is -5.35. The van der Waals surface area contributed by atoms with Gasteiger partial charge < -0.3 is 29.7 Å². The number of amides is 2. The number of thioether (sulfide) groups is 1. The average Bonchev–Trinajstić information content (AvgIpc) is 3.90. The Morgan fingerprint density at radius 1 is 1.02 bits per heavy atom. The number of aliphatic carboxylic acids is 1. The highest BCUT2D eigenvalue weighted by Crippen LogP contribution is 2.40. The number of alkyl carbamates (subject to hydrolysis) is 1. The number of hydrogen-bond donors (Lipinski definition) is 2. The normalized spacial score (nSPS) is 13.1. The molecule has 0 aliphatic carbocycles. The predicted octanol–water partition coefficient (Wildman–Crippen LogP) is 8.39. The largest absolute Gasteiger partial charge is 0.492 e. The quantitative estimate of drug-likeness (QED) is 0.103. The minimum Gasteiger partial charge on any atom is -0.492 e. The van der Waals surface area contributed by atoms with Crippen LogP contribution in [0.3, 0.4) is 0 Å². The van der Waals surface area contributed by atoms with Crippen LogP contribution in [-0.4, -0.2) is 82.4 Å². The molecule has 4 aromatic rings. The molecule has 58 heavy (non-hydrogen) atoms. The van der Waals surface area contributed by atoms with E-state index in [1.165, 1.54) is 28.0 Å². The highest BCUT2D eigenvalue weighted by molar-refractivity contribution is 7.98. The zero-order chi connectivity index (χ0) is 42.0. The lowest BCUT2D eigenvalue weighted by molar-refractivity contribution is -0.150. The Morgan fingerprint density at radius 3 is 2.28 bits per heavy atom. The van der Waals surface area contributed by atoms with Crippen LogP contribution in [0.25, 0.3) is 21.7 Å². The average molecular weight is 844 g/mol. The molecule has 2 aromatic carbocycles. The number of halogens is 1. The van der Waals surface area contributed by atoms with Gasteiger partial charge in [-0.1, -0.05) is 61.5 Å². The molecule has 2 amide bonds. The van der Waals surface area contributed by atoms with Gasteiger partial charge in [0.25, 0.3) is 0 Å². The summed E-state index contributed by atoms with van der Waals surface area (Å²) < 4.78 is 11.2. The molecule has 2 aromatic heterocycles. The van der Waals surface area contributed by atoms with Crippen molar-refractivity contribution in [2.45, 2.75) is 76.3 Å². The van der Waals surface area contributed by atoms with Crippen molar-refractivity contribution in [3.8, 4) is 39.6 Å². The molecule has 1 aliphatic heterocycles. The standard InChI is InChI=1S/C42H46ClN7O6S2/c1-26(2)20-34(40(52)53)50(35(51)23-46-41(54)56-42(3,4)5)18-19-55-31-14-10-27(11-15-31)36-32(21-44)37(49-16-6-7-17-49)48-39(33(36)22-45)58-25-30-24-57-38(47-30)28-8-12-29(43)13-9-28/h8-15,24,26,34H,6-7,16-20,23,25H2,1-5H3,(H,46,54)(H,52,53)/t34-/m0/s1. The van der Waals surface area contributed by atoms with Crippen LogP contribution in [0.4, 0.5) is 10.6 Å². The minimum absolute atomic E-state index is 0.0290. The van der Waals surface area contributed by atoms with E-state index in [-0.39, 0.29) is 31.1 Å². The van der Waals surface area contributed by atoms with Gasteiger partial charge in [-0.25, -0.2) is 19.6 Å². The first-order valence-corrected chi connectivity index (χ1v) is 21.1. The Labute approximate surface area is 351 Å². The van der Waals surface area contributed by atoms with E-state index in [0.29, 0.717) is 44.1 Å². The number of carboxylic acids is 1. The number of ether oxygens (including phenoxy) is 2. The second-order valence-electron chi connectivity index (χ2n) is 15.0. The molecule has 0 unspecified atom stereocenters. The number of aromatic nitrogens is 2. The van der Waals surface area contributed by atoms with Crippen LogP contribution in [0, 0.1) is 28.6 Å². The number of thiazole rings is 1. The molecule has 0 radical (unpaired) electrons. The summed E-state index contributed by atoms with van der Waals surface area (Å²) in [7, 11) is 0. The second kappa shape index (κ2) is 19.9. The molecular weight excluding hydrogens is 798 g/mol. The lowest BCUT2D eigenvalue weighted by Crippen LogP contribution is -2.51. The van der Waals surface area contributed by atoms with Crippen molar-refractivity contribution in [2.75, 3.05) is 37.7 Å². The molecule has 0 spiro atoms. The van der Waals surface area contributed by atoms with E-state index in [1.807, 2.05) is 43.5 Å². The Morgan fingerprint density at radius 2 is 1.67 bits per heavy atom. The number of nitriles is 2. The van der Waals surface area contributed by atoms with E-state index in [4.69, 9.17) is 31.0 Å². The predicted molar refractivity (Wildman–Crippen MR) is 225 cm³/mol. The molecule has 3 heterocycles. The van der Waals surface area contributed by atoms with Gasteiger partial charge in [0, 0.05) is 40.4 Å². The molecule has 1 saturated heterocycles. The van der Waals surface area contributed by atoms with Gasteiger partial charge in [-0.15, -0.1) is 11.3 Å². The third kappa shape index (κ3) is 11.6. The third-order valence-electron chi connectivity index (χ3n) is 8.98. The maximum absolute atomic E-state index is 13.3. The second-order valence-corrected chi connectivity index (χ2v) is 17.3. The molecule has 1 fully saturated rings. The lowest BCUT2D eigenvalue weighted by atomic mass is 9.96. The van der Waals surface area contributed by atoms with Gasteiger partial charge in [-0.2, -0.15) is 10.5 Å². The van der Waals surface area contributed by atoms with Gasteiger partial charge in [0.15, 0.2) is 0 Å². The van der Waals surface area contributed by atoms with Crippen molar-refractivity contribution in [2.24, 2.45) is 5.92 Å². The third-order valence-corrected chi connectivity index (χ3v) is 11.2. The molecule has 13 nitrogen and oxygen atoms in total. The minimum atomic E-state index is -1.16. The number of pyridine rings is 1. The van der Waals surface area contributed by atoms with Crippen molar-refractivity contribution in [3.63, 3.8) is 0 Å². The number of carbonyl (C=O) groups is 3. The first-order chi connectivity index (χ1) is 27.7. The van der Waals surface area contributed by atoms with Crippen molar-refractivity contribution < 1.29 is 29.0 Å². The summed E-state index contributed by atoms with van der Waals surface area (Å²) in [5, 5.41) is 37.5. The maximum atomic E-state index is 13.3. The van der Waals surface area contributed by atoms with Gasteiger partial charge >= 0.3 is 12.1 Å². The van der Waals surface area contributed by atoms with Gasteiger partial charge in [0.1, 0.15) is 64.1 Å². The fraction of sp³-hybridized carbons (Fsp3) is 0.405.